The molecule has 124 valence electrons. The third kappa shape index (κ3) is 3.04. The molecule has 0 aromatic carbocycles. The van der Waals surface area contributed by atoms with Gasteiger partial charge in [-0.05, 0) is 32.1 Å². The maximum absolute atomic E-state index is 12.5. The predicted molar refractivity (Wildman–Crippen MR) is 86.7 cm³/mol. The molecule has 2 fully saturated rings. The van der Waals surface area contributed by atoms with Gasteiger partial charge < -0.3 is 14.5 Å². The SMILES string of the molecule is CN(CC(=O)N1CCOCC1)c1nc(C2CC2)nc2c1CCC2. The Morgan fingerprint density at radius 1 is 1.26 bits per heavy atom. The number of hydrogen-bond donors (Lipinski definition) is 0. The Bertz CT molecular complexity index is 609. The molecule has 1 aromatic heterocycles. The van der Waals surface area contributed by atoms with Crippen molar-refractivity contribution in [1.29, 1.82) is 0 Å². The average molecular weight is 316 g/mol. The topological polar surface area (TPSA) is 58.6 Å². The van der Waals surface area contributed by atoms with E-state index in [1.54, 1.807) is 0 Å². The number of fused-ring (bicyclic) bond motifs is 1. The van der Waals surface area contributed by atoms with Crippen LogP contribution in [-0.4, -0.2) is 60.7 Å². The van der Waals surface area contributed by atoms with Crippen LogP contribution in [0.5, 0.6) is 0 Å². The zero-order valence-corrected chi connectivity index (χ0v) is 13.8. The number of carbonyl (C=O) groups excluding carboxylic acids is 1. The van der Waals surface area contributed by atoms with Gasteiger partial charge in [-0.25, -0.2) is 9.97 Å². The second-order valence-electron chi connectivity index (χ2n) is 6.81. The summed E-state index contributed by atoms with van der Waals surface area (Å²) in [6.07, 6.45) is 5.64. The quantitative estimate of drug-likeness (QED) is 0.834. The second-order valence-corrected chi connectivity index (χ2v) is 6.81. The van der Waals surface area contributed by atoms with Crippen molar-refractivity contribution in [3.05, 3.63) is 17.1 Å². The van der Waals surface area contributed by atoms with Crippen molar-refractivity contribution >= 4 is 11.7 Å². The van der Waals surface area contributed by atoms with Crippen LogP contribution in [-0.2, 0) is 22.4 Å². The molecule has 1 saturated heterocycles. The monoisotopic (exact) mass is 316 g/mol. The molecular weight excluding hydrogens is 292 g/mol. The zero-order chi connectivity index (χ0) is 15.8. The number of amides is 1. The van der Waals surface area contributed by atoms with Gasteiger partial charge in [-0.2, -0.15) is 0 Å². The summed E-state index contributed by atoms with van der Waals surface area (Å²) in [6.45, 7) is 3.06. The maximum atomic E-state index is 12.5. The summed E-state index contributed by atoms with van der Waals surface area (Å²) in [4.78, 5) is 26.0. The molecule has 2 heterocycles. The fourth-order valence-corrected chi connectivity index (χ4v) is 3.46. The van der Waals surface area contributed by atoms with Crippen molar-refractivity contribution in [2.45, 2.75) is 38.0 Å². The Labute approximate surface area is 136 Å². The number of aromatic nitrogens is 2. The van der Waals surface area contributed by atoms with Gasteiger partial charge in [0.05, 0.1) is 19.8 Å². The summed E-state index contributed by atoms with van der Waals surface area (Å²) in [5.74, 6) is 2.68. The summed E-state index contributed by atoms with van der Waals surface area (Å²) in [5, 5.41) is 0. The van der Waals surface area contributed by atoms with Crippen LogP contribution >= 0.6 is 0 Å². The molecule has 0 spiro atoms. The molecule has 6 nitrogen and oxygen atoms in total. The number of aryl methyl sites for hydroxylation is 1. The first-order valence-electron chi connectivity index (χ1n) is 8.68. The minimum absolute atomic E-state index is 0.161. The Morgan fingerprint density at radius 2 is 2.04 bits per heavy atom. The number of likely N-dealkylation sites (N-methyl/N-ethyl adjacent to an activating group) is 1. The highest BCUT2D eigenvalue weighted by molar-refractivity contribution is 5.81. The van der Waals surface area contributed by atoms with Crippen LogP contribution in [0.2, 0.25) is 0 Å². The third-order valence-corrected chi connectivity index (χ3v) is 4.97. The molecule has 0 N–H and O–H groups in total. The Kier molecular flexibility index (Phi) is 3.93. The molecule has 0 bridgehead atoms. The van der Waals surface area contributed by atoms with E-state index in [-0.39, 0.29) is 5.91 Å². The molecule has 6 heteroatoms. The van der Waals surface area contributed by atoms with Gasteiger partial charge in [-0.15, -0.1) is 0 Å². The van der Waals surface area contributed by atoms with E-state index in [1.165, 1.54) is 24.1 Å². The first kappa shape index (κ1) is 14.9. The van der Waals surface area contributed by atoms with E-state index in [0.717, 1.165) is 30.9 Å². The van der Waals surface area contributed by atoms with Crippen LogP contribution in [0.1, 0.15) is 42.3 Å². The lowest BCUT2D eigenvalue weighted by molar-refractivity contribution is -0.133. The van der Waals surface area contributed by atoms with Crippen LogP contribution in [0, 0.1) is 0 Å². The Balaban J connectivity index is 1.53. The molecule has 1 amide bonds. The molecule has 1 saturated carbocycles. The fourth-order valence-electron chi connectivity index (χ4n) is 3.46. The average Bonchev–Trinajstić information content (AvgIpc) is 3.32. The van der Waals surface area contributed by atoms with E-state index >= 15 is 0 Å². The van der Waals surface area contributed by atoms with Gasteiger partial charge in [0.1, 0.15) is 11.6 Å². The van der Waals surface area contributed by atoms with E-state index in [4.69, 9.17) is 14.7 Å². The van der Waals surface area contributed by atoms with Crippen LogP contribution < -0.4 is 4.90 Å². The van der Waals surface area contributed by atoms with E-state index in [2.05, 4.69) is 0 Å². The van der Waals surface area contributed by atoms with Crippen molar-refractivity contribution in [2.24, 2.45) is 0 Å². The lowest BCUT2D eigenvalue weighted by atomic mass is 10.2. The van der Waals surface area contributed by atoms with E-state index in [0.29, 0.717) is 38.8 Å². The lowest BCUT2D eigenvalue weighted by Crippen LogP contribution is -2.45. The maximum Gasteiger partial charge on any atom is 0.242 e. The van der Waals surface area contributed by atoms with Gasteiger partial charge >= 0.3 is 0 Å². The molecule has 0 atom stereocenters. The highest BCUT2D eigenvalue weighted by atomic mass is 16.5. The summed E-state index contributed by atoms with van der Waals surface area (Å²) in [6, 6.07) is 0. The summed E-state index contributed by atoms with van der Waals surface area (Å²) < 4.78 is 5.32. The first-order valence-corrected chi connectivity index (χ1v) is 8.68. The Morgan fingerprint density at radius 3 is 2.78 bits per heavy atom. The zero-order valence-electron chi connectivity index (χ0n) is 13.8. The lowest BCUT2D eigenvalue weighted by Gasteiger charge is -2.29. The van der Waals surface area contributed by atoms with Crippen LogP contribution in [0.15, 0.2) is 0 Å². The van der Waals surface area contributed by atoms with Gasteiger partial charge in [-0.3, -0.25) is 4.79 Å². The minimum atomic E-state index is 0.161. The first-order chi connectivity index (χ1) is 11.2. The van der Waals surface area contributed by atoms with E-state index < -0.39 is 0 Å². The number of rotatable bonds is 4. The molecule has 2 aliphatic carbocycles. The molecule has 1 aliphatic heterocycles. The van der Waals surface area contributed by atoms with Gasteiger partial charge in [0.25, 0.3) is 0 Å². The number of hydrogen-bond acceptors (Lipinski definition) is 5. The number of ether oxygens (including phenoxy) is 1. The smallest absolute Gasteiger partial charge is 0.242 e. The summed E-state index contributed by atoms with van der Waals surface area (Å²) >= 11 is 0. The van der Waals surface area contributed by atoms with Crippen molar-refractivity contribution in [1.82, 2.24) is 14.9 Å². The molecular formula is C17H24N4O2. The molecule has 0 unspecified atom stereocenters. The van der Waals surface area contributed by atoms with Crippen molar-refractivity contribution in [3.63, 3.8) is 0 Å². The normalized spacial score (nSPS) is 20.5. The van der Waals surface area contributed by atoms with Crippen molar-refractivity contribution < 1.29 is 9.53 Å². The van der Waals surface area contributed by atoms with Crippen molar-refractivity contribution in [2.75, 3.05) is 44.8 Å². The third-order valence-electron chi connectivity index (χ3n) is 4.97. The standard InChI is InChI=1S/C17H24N4O2/c1-20(11-15(22)21-7-9-23-10-8-21)17-13-3-2-4-14(13)18-16(19-17)12-5-6-12/h12H,2-11H2,1H3. The van der Waals surface area contributed by atoms with Gasteiger partial charge in [-0.1, -0.05) is 0 Å². The summed E-state index contributed by atoms with van der Waals surface area (Å²) in [7, 11) is 1.98. The number of nitrogens with zero attached hydrogens (tertiary/aromatic N) is 4. The van der Waals surface area contributed by atoms with Crippen molar-refractivity contribution in [3.8, 4) is 0 Å². The molecule has 1 aromatic rings. The van der Waals surface area contributed by atoms with E-state index in [9.17, 15) is 4.79 Å². The van der Waals surface area contributed by atoms with Crippen LogP contribution in [0.25, 0.3) is 0 Å². The number of morpholine rings is 1. The Hall–Kier alpha value is -1.69. The molecule has 0 radical (unpaired) electrons. The summed E-state index contributed by atoms with van der Waals surface area (Å²) in [5.41, 5.74) is 2.47. The molecule has 3 aliphatic rings. The minimum Gasteiger partial charge on any atom is -0.378 e. The van der Waals surface area contributed by atoms with Gasteiger partial charge in [0, 0.05) is 37.3 Å². The van der Waals surface area contributed by atoms with Gasteiger partial charge in [0.15, 0.2) is 0 Å². The fraction of sp³-hybridized carbons (Fsp3) is 0.706. The molecule has 4 rings (SSSR count). The van der Waals surface area contributed by atoms with E-state index in [1.807, 2.05) is 16.8 Å². The molecule has 23 heavy (non-hydrogen) atoms. The second kappa shape index (κ2) is 6.07. The predicted octanol–water partition coefficient (Wildman–Crippen LogP) is 1.14. The highest BCUT2D eigenvalue weighted by Crippen LogP contribution is 2.40. The largest absolute Gasteiger partial charge is 0.378 e. The number of carbonyl (C=O) groups is 1. The van der Waals surface area contributed by atoms with Gasteiger partial charge in [0.2, 0.25) is 5.91 Å². The number of anilines is 1. The highest BCUT2D eigenvalue weighted by Gasteiger charge is 2.31. The van der Waals surface area contributed by atoms with Crippen LogP contribution in [0.3, 0.4) is 0 Å². The van der Waals surface area contributed by atoms with Crippen LogP contribution in [0.4, 0.5) is 5.82 Å².